The minimum Gasteiger partial charge on any atom is -0.382 e. The predicted molar refractivity (Wildman–Crippen MR) is 105 cm³/mol. The van der Waals surface area contributed by atoms with Gasteiger partial charge in [-0.2, -0.15) is 0 Å². The number of aliphatic imine (C=N–C) groups is 1. The van der Waals surface area contributed by atoms with Crippen molar-refractivity contribution in [3.63, 3.8) is 0 Å². The highest BCUT2D eigenvalue weighted by atomic mass is 16.5. The average Bonchev–Trinajstić information content (AvgIpc) is 2.63. The van der Waals surface area contributed by atoms with E-state index in [1.54, 1.807) is 0 Å². The zero-order valence-electron chi connectivity index (χ0n) is 16.1. The highest BCUT2D eigenvalue weighted by molar-refractivity contribution is 5.79. The Kier molecular flexibility index (Phi) is 12.6. The number of hydrogen-bond acceptors (Lipinski definition) is 3. The molecule has 5 heteroatoms. The summed E-state index contributed by atoms with van der Waals surface area (Å²) in [5.41, 5.74) is 1.21. The van der Waals surface area contributed by atoms with E-state index in [2.05, 4.69) is 41.6 Å². The van der Waals surface area contributed by atoms with Crippen LogP contribution in [0, 0.1) is 5.92 Å². The van der Waals surface area contributed by atoms with Crippen LogP contribution in [0.3, 0.4) is 0 Å². The number of guanidine groups is 1. The summed E-state index contributed by atoms with van der Waals surface area (Å²) in [6, 6.07) is 10.3. The number of benzene rings is 1. The Hall–Kier alpha value is -1.59. The van der Waals surface area contributed by atoms with Crippen LogP contribution in [0.1, 0.15) is 39.2 Å². The lowest BCUT2D eigenvalue weighted by Crippen LogP contribution is -2.38. The Morgan fingerprint density at radius 3 is 2.60 bits per heavy atom. The Bertz CT molecular complexity index is 452. The van der Waals surface area contributed by atoms with Gasteiger partial charge in [0.15, 0.2) is 5.96 Å². The quantitative estimate of drug-likeness (QED) is 0.326. The second kappa shape index (κ2) is 14.7. The third-order valence-corrected chi connectivity index (χ3v) is 3.63. The molecule has 5 nitrogen and oxygen atoms in total. The number of nitrogens with zero attached hydrogens (tertiary/aromatic N) is 1. The maximum atomic E-state index is 5.79. The van der Waals surface area contributed by atoms with Gasteiger partial charge in [0.25, 0.3) is 0 Å². The first-order valence-corrected chi connectivity index (χ1v) is 9.47. The predicted octanol–water partition coefficient (Wildman–Crippen LogP) is 3.21. The van der Waals surface area contributed by atoms with Gasteiger partial charge in [-0.15, -0.1) is 0 Å². The summed E-state index contributed by atoms with van der Waals surface area (Å²) in [5.74, 6) is 1.27. The molecule has 25 heavy (non-hydrogen) atoms. The van der Waals surface area contributed by atoms with Crippen LogP contribution in [-0.4, -0.2) is 45.4 Å². The summed E-state index contributed by atoms with van der Waals surface area (Å²) >= 11 is 0. The Labute approximate surface area is 153 Å². The lowest BCUT2D eigenvalue weighted by molar-refractivity contribution is 0.0945. The van der Waals surface area contributed by atoms with Gasteiger partial charge in [0.2, 0.25) is 0 Å². The number of ether oxygens (including phenoxy) is 2. The number of rotatable bonds is 13. The molecule has 0 spiro atoms. The summed E-state index contributed by atoms with van der Waals surface area (Å²) in [4.78, 5) is 4.66. The Balaban J connectivity index is 2.20. The molecule has 2 N–H and O–H groups in total. The molecule has 0 aliphatic carbocycles. The number of nitrogens with one attached hydrogen (secondary N) is 2. The van der Waals surface area contributed by atoms with Crippen LogP contribution in [0.15, 0.2) is 35.3 Å². The minimum atomic E-state index is 0.386. The Morgan fingerprint density at radius 2 is 1.88 bits per heavy atom. The fraction of sp³-hybridized carbons (Fsp3) is 0.650. The molecule has 0 fully saturated rings. The van der Waals surface area contributed by atoms with Crippen molar-refractivity contribution >= 4 is 5.96 Å². The molecule has 0 aliphatic rings. The zero-order chi connectivity index (χ0) is 18.2. The van der Waals surface area contributed by atoms with Crippen LogP contribution >= 0.6 is 0 Å². The van der Waals surface area contributed by atoms with Gasteiger partial charge in [0.1, 0.15) is 0 Å². The molecule has 0 radical (unpaired) electrons. The molecule has 1 atom stereocenters. The van der Waals surface area contributed by atoms with Gasteiger partial charge < -0.3 is 20.1 Å². The maximum absolute atomic E-state index is 5.79. The van der Waals surface area contributed by atoms with Crippen LogP contribution in [0.4, 0.5) is 0 Å². The van der Waals surface area contributed by atoms with E-state index in [1.165, 1.54) is 5.56 Å². The van der Waals surface area contributed by atoms with Gasteiger partial charge in [-0.25, -0.2) is 0 Å². The lowest BCUT2D eigenvalue weighted by Gasteiger charge is -2.14. The molecule has 0 bridgehead atoms. The van der Waals surface area contributed by atoms with Crippen molar-refractivity contribution < 1.29 is 9.47 Å². The molecule has 0 amide bonds. The molecular weight excluding hydrogens is 314 g/mol. The third-order valence-electron chi connectivity index (χ3n) is 3.63. The van der Waals surface area contributed by atoms with Crippen LogP contribution in [0.2, 0.25) is 0 Å². The fourth-order valence-electron chi connectivity index (χ4n) is 2.27. The molecular formula is C20H35N3O2. The van der Waals surface area contributed by atoms with E-state index in [9.17, 15) is 0 Å². The first-order chi connectivity index (χ1) is 12.3. The highest BCUT2D eigenvalue weighted by Gasteiger charge is 2.03. The molecule has 0 saturated heterocycles. The number of hydrogen-bond donors (Lipinski definition) is 2. The standard InChI is InChI=1S/C20H35N3O2/c1-4-21-20(22-13-9-10-14-24-5-2)23-15-18(3)16-25-17-19-11-7-6-8-12-19/h6-8,11-12,18H,4-5,9-10,13-17H2,1-3H3,(H2,21,22,23). The molecule has 0 heterocycles. The molecule has 1 unspecified atom stereocenters. The minimum absolute atomic E-state index is 0.386. The SMILES string of the molecule is CCNC(=NCC(C)COCc1ccccc1)NCCCCOCC. The summed E-state index contributed by atoms with van der Waals surface area (Å²) in [7, 11) is 0. The van der Waals surface area contributed by atoms with E-state index in [4.69, 9.17) is 9.47 Å². The smallest absolute Gasteiger partial charge is 0.191 e. The van der Waals surface area contributed by atoms with E-state index >= 15 is 0 Å². The van der Waals surface area contributed by atoms with E-state index < -0.39 is 0 Å². The van der Waals surface area contributed by atoms with Crippen molar-refractivity contribution in [3.05, 3.63) is 35.9 Å². The monoisotopic (exact) mass is 349 g/mol. The third kappa shape index (κ3) is 11.6. The summed E-state index contributed by atoms with van der Waals surface area (Å²) in [5, 5.41) is 6.67. The van der Waals surface area contributed by atoms with Gasteiger partial charge in [-0.3, -0.25) is 4.99 Å². The number of unbranched alkanes of at least 4 members (excludes halogenated alkanes) is 1. The average molecular weight is 350 g/mol. The van der Waals surface area contributed by atoms with E-state index in [1.807, 2.05) is 25.1 Å². The van der Waals surface area contributed by atoms with Crippen molar-refractivity contribution in [2.75, 3.05) is 39.5 Å². The highest BCUT2D eigenvalue weighted by Crippen LogP contribution is 2.03. The van der Waals surface area contributed by atoms with Gasteiger partial charge in [0, 0.05) is 32.8 Å². The molecule has 1 aromatic carbocycles. The summed E-state index contributed by atoms with van der Waals surface area (Å²) in [6.45, 7) is 11.8. The van der Waals surface area contributed by atoms with Crippen molar-refractivity contribution in [3.8, 4) is 0 Å². The van der Waals surface area contributed by atoms with E-state index in [0.717, 1.165) is 51.6 Å². The normalized spacial score (nSPS) is 12.8. The van der Waals surface area contributed by atoms with E-state index in [0.29, 0.717) is 19.1 Å². The van der Waals surface area contributed by atoms with Gasteiger partial charge in [-0.1, -0.05) is 37.3 Å². The Morgan fingerprint density at radius 1 is 1.08 bits per heavy atom. The molecule has 142 valence electrons. The van der Waals surface area contributed by atoms with Crippen LogP contribution in [0.25, 0.3) is 0 Å². The first-order valence-electron chi connectivity index (χ1n) is 9.47. The van der Waals surface area contributed by atoms with Crippen LogP contribution in [0.5, 0.6) is 0 Å². The van der Waals surface area contributed by atoms with Crippen molar-refractivity contribution in [2.45, 2.75) is 40.2 Å². The molecule has 0 aliphatic heterocycles. The molecule has 0 saturated carbocycles. The first kappa shape index (κ1) is 21.5. The topological polar surface area (TPSA) is 54.9 Å². The van der Waals surface area contributed by atoms with E-state index in [-0.39, 0.29) is 0 Å². The fourth-order valence-corrected chi connectivity index (χ4v) is 2.27. The summed E-state index contributed by atoms with van der Waals surface area (Å²) in [6.07, 6.45) is 2.16. The molecule has 1 aromatic rings. The largest absolute Gasteiger partial charge is 0.382 e. The van der Waals surface area contributed by atoms with Gasteiger partial charge >= 0.3 is 0 Å². The van der Waals surface area contributed by atoms with Crippen LogP contribution in [-0.2, 0) is 16.1 Å². The molecule has 1 rings (SSSR count). The van der Waals surface area contributed by atoms with Crippen molar-refractivity contribution in [1.82, 2.24) is 10.6 Å². The van der Waals surface area contributed by atoms with Gasteiger partial charge in [-0.05, 0) is 38.2 Å². The van der Waals surface area contributed by atoms with Crippen molar-refractivity contribution in [2.24, 2.45) is 10.9 Å². The second-order valence-corrected chi connectivity index (χ2v) is 6.16. The second-order valence-electron chi connectivity index (χ2n) is 6.16. The summed E-state index contributed by atoms with van der Waals surface area (Å²) < 4.78 is 11.1. The lowest BCUT2D eigenvalue weighted by atomic mass is 10.2. The van der Waals surface area contributed by atoms with Gasteiger partial charge in [0.05, 0.1) is 13.2 Å². The zero-order valence-corrected chi connectivity index (χ0v) is 16.1. The van der Waals surface area contributed by atoms with Crippen LogP contribution < -0.4 is 10.6 Å². The molecule has 0 aromatic heterocycles. The van der Waals surface area contributed by atoms with Crippen molar-refractivity contribution in [1.29, 1.82) is 0 Å². The maximum Gasteiger partial charge on any atom is 0.191 e.